The molecule has 0 aliphatic rings. The van der Waals surface area contributed by atoms with Crippen molar-refractivity contribution in [1.82, 2.24) is 10.8 Å². The number of aryl methyl sites for hydroxylation is 3. The number of ether oxygens (including phenoxy) is 1. The van der Waals surface area contributed by atoms with Crippen molar-refractivity contribution >= 4 is 12.6 Å². The summed E-state index contributed by atoms with van der Waals surface area (Å²) in [6.07, 6.45) is 4.70. The highest BCUT2D eigenvalue weighted by atomic mass is 16.5. The lowest BCUT2D eigenvalue weighted by molar-refractivity contribution is 0.0832. The van der Waals surface area contributed by atoms with Gasteiger partial charge >= 0.3 is 0 Å². The van der Waals surface area contributed by atoms with Crippen molar-refractivity contribution in [3.05, 3.63) is 65.2 Å². The predicted octanol–water partition coefficient (Wildman–Crippen LogP) is 4.32. The smallest absolute Gasteiger partial charge is 0.119 e. The first-order valence-corrected chi connectivity index (χ1v) is 10.8. The van der Waals surface area contributed by atoms with Gasteiger partial charge in [0.1, 0.15) is 12.4 Å². The van der Waals surface area contributed by atoms with Crippen LogP contribution in [-0.2, 0) is 6.42 Å². The highest BCUT2D eigenvalue weighted by molar-refractivity contribution is 5.65. The fourth-order valence-electron chi connectivity index (χ4n) is 3.38. The highest BCUT2D eigenvalue weighted by Gasteiger charge is 2.37. The number of hydrogen-bond acceptors (Lipinski definition) is 5. The van der Waals surface area contributed by atoms with E-state index in [1.54, 1.807) is 6.34 Å². The molecule has 0 saturated carbocycles. The Morgan fingerprint density at radius 3 is 2.55 bits per heavy atom. The molecule has 0 amide bonds. The maximum Gasteiger partial charge on any atom is 0.119 e. The van der Waals surface area contributed by atoms with Crippen molar-refractivity contribution in [3.63, 3.8) is 0 Å². The summed E-state index contributed by atoms with van der Waals surface area (Å²) in [5.41, 5.74) is 5.37. The summed E-state index contributed by atoms with van der Waals surface area (Å²) in [6, 6.07) is 15.8. The molecule has 0 fully saturated rings. The van der Waals surface area contributed by atoms with E-state index in [0.29, 0.717) is 13.2 Å². The Balaban J connectivity index is 1.94. The van der Waals surface area contributed by atoms with Crippen LogP contribution in [0.2, 0.25) is 0 Å². The SMILES string of the molecule is Cc1ccc(OCCN/C=N/C(CCc2ccccc2)[C@](C)(C=N)C(C)NO)cc1C. The second-order valence-electron chi connectivity index (χ2n) is 8.23. The van der Waals surface area contributed by atoms with Gasteiger partial charge in [0.05, 0.1) is 12.4 Å². The monoisotopic (exact) mass is 424 g/mol. The van der Waals surface area contributed by atoms with Gasteiger partial charge in [-0.1, -0.05) is 43.3 Å². The molecule has 0 aliphatic heterocycles. The topological polar surface area (TPSA) is 89.7 Å². The number of hydrogen-bond donors (Lipinski definition) is 4. The van der Waals surface area contributed by atoms with Gasteiger partial charge in [0.25, 0.3) is 0 Å². The van der Waals surface area contributed by atoms with Crippen molar-refractivity contribution in [3.8, 4) is 5.75 Å². The van der Waals surface area contributed by atoms with Crippen molar-refractivity contribution in [2.75, 3.05) is 13.2 Å². The second-order valence-corrected chi connectivity index (χ2v) is 8.23. The molecule has 0 heterocycles. The number of nitrogens with zero attached hydrogens (tertiary/aromatic N) is 1. The molecule has 0 bridgehead atoms. The largest absolute Gasteiger partial charge is 0.492 e. The Labute approximate surface area is 186 Å². The molecule has 0 aromatic heterocycles. The van der Waals surface area contributed by atoms with Crippen LogP contribution in [0.25, 0.3) is 0 Å². The molecule has 4 N–H and O–H groups in total. The van der Waals surface area contributed by atoms with Gasteiger partial charge < -0.3 is 20.7 Å². The average molecular weight is 425 g/mol. The summed E-state index contributed by atoms with van der Waals surface area (Å²) in [5, 5.41) is 20.7. The van der Waals surface area contributed by atoms with E-state index in [-0.39, 0.29) is 12.1 Å². The van der Waals surface area contributed by atoms with Crippen LogP contribution < -0.4 is 15.5 Å². The standard InChI is InChI=1S/C25H36N4O2/c1-19-10-12-23(16-20(19)2)31-15-14-27-18-28-24(25(4,17-26)21(3)29-30)13-11-22-8-6-5-7-9-22/h5-10,12,16-18,21,24,26,29-30H,11,13-15H2,1-4H3,(H,27,28)/t21?,24?,25-/m1/s1. The van der Waals surface area contributed by atoms with Crippen LogP contribution in [0, 0.1) is 24.7 Å². The summed E-state index contributed by atoms with van der Waals surface area (Å²) in [5.74, 6) is 0.863. The number of hydroxylamine groups is 1. The lowest BCUT2D eigenvalue weighted by Gasteiger charge is -2.36. The molecule has 6 nitrogen and oxygen atoms in total. The molecule has 2 aromatic carbocycles. The van der Waals surface area contributed by atoms with Crippen LogP contribution in [0.3, 0.4) is 0 Å². The van der Waals surface area contributed by atoms with E-state index in [4.69, 9.17) is 15.1 Å². The van der Waals surface area contributed by atoms with E-state index in [0.717, 1.165) is 18.6 Å². The quantitative estimate of drug-likeness (QED) is 0.167. The first kappa shape index (κ1) is 24.6. The zero-order valence-corrected chi connectivity index (χ0v) is 19.1. The first-order valence-electron chi connectivity index (χ1n) is 10.8. The van der Waals surface area contributed by atoms with Gasteiger partial charge in [-0.2, -0.15) is 0 Å². The summed E-state index contributed by atoms with van der Waals surface area (Å²) in [7, 11) is 0. The molecular formula is C25H36N4O2. The van der Waals surface area contributed by atoms with E-state index in [2.05, 4.69) is 42.8 Å². The number of benzene rings is 2. The Bertz CT molecular complexity index is 841. The van der Waals surface area contributed by atoms with Crippen molar-refractivity contribution in [2.24, 2.45) is 10.4 Å². The molecule has 0 radical (unpaired) electrons. The first-order chi connectivity index (χ1) is 14.9. The van der Waals surface area contributed by atoms with Crippen LogP contribution in [0.1, 0.15) is 37.0 Å². The van der Waals surface area contributed by atoms with E-state index < -0.39 is 5.41 Å². The van der Waals surface area contributed by atoms with Gasteiger partial charge in [-0.15, -0.1) is 0 Å². The minimum Gasteiger partial charge on any atom is -0.492 e. The minimum absolute atomic E-state index is 0.173. The molecule has 6 heteroatoms. The van der Waals surface area contributed by atoms with Crippen LogP contribution in [0.4, 0.5) is 0 Å². The van der Waals surface area contributed by atoms with E-state index in [9.17, 15) is 5.21 Å². The molecule has 0 spiro atoms. The molecule has 0 aliphatic carbocycles. The third-order valence-corrected chi connectivity index (χ3v) is 6.04. The van der Waals surface area contributed by atoms with E-state index >= 15 is 0 Å². The van der Waals surface area contributed by atoms with Crippen molar-refractivity contribution in [1.29, 1.82) is 5.41 Å². The second kappa shape index (κ2) is 12.2. The van der Waals surface area contributed by atoms with Gasteiger partial charge in [0.15, 0.2) is 0 Å². The van der Waals surface area contributed by atoms with Gasteiger partial charge in [-0.3, -0.25) is 4.99 Å². The average Bonchev–Trinajstić information content (AvgIpc) is 2.79. The Hall–Kier alpha value is -2.70. The fraction of sp³-hybridized carbons (Fsp3) is 0.440. The van der Waals surface area contributed by atoms with Crippen molar-refractivity contribution in [2.45, 2.75) is 52.6 Å². The number of aliphatic imine (C=N–C) groups is 1. The molecule has 168 valence electrons. The predicted molar refractivity (Wildman–Crippen MR) is 128 cm³/mol. The van der Waals surface area contributed by atoms with Gasteiger partial charge in [-0.25, -0.2) is 5.48 Å². The molecule has 2 rings (SSSR count). The summed E-state index contributed by atoms with van der Waals surface area (Å²) in [4.78, 5) is 4.73. The summed E-state index contributed by atoms with van der Waals surface area (Å²) in [6.45, 7) is 9.12. The van der Waals surface area contributed by atoms with Gasteiger partial charge in [0.2, 0.25) is 0 Å². The van der Waals surface area contributed by atoms with Crippen LogP contribution >= 0.6 is 0 Å². The molecular weight excluding hydrogens is 388 g/mol. The minimum atomic E-state index is -0.627. The van der Waals surface area contributed by atoms with Crippen LogP contribution in [0.15, 0.2) is 53.5 Å². The van der Waals surface area contributed by atoms with Gasteiger partial charge in [0, 0.05) is 24.2 Å². The maximum absolute atomic E-state index is 9.48. The normalized spacial score (nSPS) is 15.3. The number of nitrogens with one attached hydrogen (secondary N) is 3. The Morgan fingerprint density at radius 1 is 1.16 bits per heavy atom. The van der Waals surface area contributed by atoms with Crippen LogP contribution in [-0.4, -0.2) is 43.0 Å². The Morgan fingerprint density at radius 2 is 1.90 bits per heavy atom. The van der Waals surface area contributed by atoms with Crippen molar-refractivity contribution < 1.29 is 9.94 Å². The van der Waals surface area contributed by atoms with Gasteiger partial charge in [-0.05, 0) is 62.4 Å². The highest BCUT2D eigenvalue weighted by Crippen LogP contribution is 2.29. The lowest BCUT2D eigenvalue weighted by Crippen LogP contribution is -2.48. The van der Waals surface area contributed by atoms with Crippen LogP contribution in [0.5, 0.6) is 5.75 Å². The molecule has 31 heavy (non-hydrogen) atoms. The van der Waals surface area contributed by atoms with E-state index in [1.807, 2.05) is 44.2 Å². The summed E-state index contributed by atoms with van der Waals surface area (Å²) >= 11 is 0. The fourth-order valence-corrected chi connectivity index (χ4v) is 3.38. The molecule has 3 atom stereocenters. The number of rotatable bonds is 13. The Kier molecular flexibility index (Phi) is 9.69. The lowest BCUT2D eigenvalue weighted by atomic mass is 9.75. The zero-order valence-electron chi connectivity index (χ0n) is 19.1. The molecule has 2 aromatic rings. The maximum atomic E-state index is 9.48. The molecule has 2 unspecified atom stereocenters. The zero-order chi connectivity index (χ0) is 22.7. The third kappa shape index (κ3) is 7.19. The third-order valence-electron chi connectivity index (χ3n) is 6.04. The van der Waals surface area contributed by atoms with E-state index in [1.165, 1.54) is 22.9 Å². The molecule has 0 saturated heterocycles. The summed E-state index contributed by atoms with van der Waals surface area (Å²) < 4.78 is 5.79.